The first-order valence-corrected chi connectivity index (χ1v) is 52.4. The minimum Gasteiger partial charge on any atom is -0.463 e. The van der Waals surface area contributed by atoms with Crippen LogP contribution in [0.5, 0.6) is 0 Å². The molecule has 4 N–H and O–H groups in total. The summed E-state index contributed by atoms with van der Waals surface area (Å²) < 4.78 is 61.6. The highest BCUT2D eigenvalue weighted by Gasteiger charge is 2.30. The maximum atomic E-state index is 13.1. The van der Waals surface area contributed by atoms with Crippen molar-refractivity contribution in [1.29, 1.82) is 0 Å². The second kappa shape index (κ2) is 96.0. The van der Waals surface area contributed by atoms with E-state index in [4.69, 9.17) is 32.3 Å². The van der Waals surface area contributed by atoms with Crippen LogP contribution < -0.4 is 0 Å². The number of hydrogen-bond acceptors (Lipinski definition) is 14. The minimum atomic E-state index is -4.95. The smallest absolute Gasteiger partial charge is 0.463 e. The molecule has 0 aromatic rings. The lowest BCUT2D eigenvalue weighted by Gasteiger charge is -2.21. The molecule has 0 heterocycles. The molecule has 0 aromatic heterocycles. The summed E-state index contributed by atoms with van der Waals surface area (Å²) in [6.45, 7) is 2.47. The van der Waals surface area contributed by atoms with Gasteiger partial charge in [0.2, 0.25) is 0 Å². The molecule has 0 saturated heterocycles. The molecule has 0 rings (SSSR count). The maximum absolute atomic E-state index is 13.1. The average Bonchev–Trinajstić information content (AvgIpc) is 0.900. The van der Waals surface area contributed by atoms with Gasteiger partial charge in [-0.25, -0.2) is 9.13 Å². The Balaban J connectivity index is 4.55. The summed E-state index contributed by atoms with van der Waals surface area (Å²) in [7, 11) is -9.82. The fourth-order valence-electron chi connectivity index (χ4n) is 13.5. The molecular weight excluding hydrogens is 1580 g/mol. The molecule has 0 spiro atoms. The molecule has 0 aliphatic carbocycles. The molecule has 706 valence electrons. The van der Waals surface area contributed by atoms with E-state index >= 15 is 0 Å². The van der Waals surface area contributed by atoms with Crippen molar-refractivity contribution in [1.82, 2.24) is 0 Å². The summed E-state index contributed by atoms with van der Waals surface area (Å²) >= 11 is 0. The van der Waals surface area contributed by atoms with Crippen molar-refractivity contribution in [3.05, 3.63) is 170 Å². The Kier molecular flexibility index (Phi) is 92.0. The third kappa shape index (κ3) is 97.4. The zero-order valence-corrected chi connectivity index (χ0v) is 79.9. The largest absolute Gasteiger partial charge is 0.472 e. The van der Waals surface area contributed by atoms with Crippen molar-refractivity contribution in [2.45, 2.75) is 437 Å². The average molecular weight is 1760 g/mol. The highest BCUT2D eigenvalue weighted by Crippen LogP contribution is 2.45. The minimum absolute atomic E-state index is 0.0799. The molecule has 5 atom stereocenters. The quantitative estimate of drug-likeness (QED) is 0.0146. The van der Waals surface area contributed by atoms with Gasteiger partial charge >= 0.3 is 33.6 Å². The topological polar surface area (TPSA) is 231 Å². The van der Waals surface area contributed by atoms with E-state index in [1.807, 2.05) is 0 Å². The number of aliphatic hydroxyl groups excluding tert-OH is 2. The van der Waals surface area contributed by atoms with Crippen LogP contribution in [0.1, 0.15) is 419 Å². The van der Waals surface area contributed by atoms with Crippen LogP contribution >= 0.6 is 15.6 Å². The molecule has 0 saturated carbocycles. The number of rotatable bonds is 93. The maximum Gasteiger partial charge on any atom is 0.472 e. The van der Waals surface area contributed by atoms with Crippen LogP contribution in [0.2, 0.25) is 0 Å². The van der Waals surface area contributed by atoms with Crippen molar-refractivity contribution >= 4 is 33.6 Å². The number of unbranched alkanes of at least 4 members (excludes halogenated alkanes) is 42. The number of carbonyl (C=O) groups is 3. The van der Waals surface area contributed by atoms with Crippen LogP contribution in [0.15, 0.2) is 170 Å². The summed E-state index contributed by atoms with van der Waals surface area (Å²) in [5.74, 6) is -1.58. The number of carbonyl (C=O) groups excluding carboxylic acids is 3. The lowest BCUT2D eigenvalue weighted by molar-refractivity contribution is -0.161. The number of aliphatic hydroxyl groups is 2. The third-order valence-electron chi connectivity index (χ3n) is 20.9. The van der Waals surface area contributed by atoms with E-state index in [1.165, 1.54) is 205 Å². The van der Waals surface area contributed by atoms with E-state index < -0.39 is 91.5 Å². The molecular formula is C105H180O16P2. The molecule has 5 unspecified atom stereocenters. The van der Waals surface area contributed by atoms with Crippen molar-refractivity contribution in [2.75, 3.05) is 39.6 Å². The third-order valence-corrected chi connectivity index (χ3v) is 22.8. The highest BCUT2D eigenvalue weighted by atomic mass is 31.2. The van der Waals surface area contributed by atoms with E-state index in [0.29, 0.717) is 19.3 Å². The van der Waals surface area contributed by atoms with Crippen LogP contribution in [0, 0.1) is 0 Å². The first-order valence-electron chi connectivity index (χ1n) is 49.4. The fourth-order valence-corrected chi connectivity index (χ4v) is 15.1. The number of phosphoric ester groups is 2. The Hall–Kier alpha value is -5.09. The Labute approximate surface area is 752 Å². The first kappa shape index (κ1) is 118. The van der Waals surface area contributed by atoms with Gasteiger partial charge in [0.15, 0.2) is 6.10 Å². The molecule has 0 aliphatic heterocycles. The first-order chi connectivity index (χ1) is 60.2. The van der Waals surface area contributed by atoms with E-state index in [2.05, 4.69) is 191 Å². The Morgan fingerprint density at radius 2 is 0.431 bits per heavy atom. The molecule has 0 amide bonds. The van der Waals surface area contributed by atoms with Gasteiger partial charge in [-0.1, -0.05) is 416 Å². The Morgan fingerprint density at radius 1 is 0.236 bits per heavy atom. The van der Waals surface area contributed by atoms with E-state index in [9.17, 15) is 43.5 Å². The van der Waals surface area contributed by atoms with Crippen molar-refractivity contribution < 1.29 is 75.8 Å². The van der Waals surface area contributed by atoms with Crippen molar-refractivity contribution in [3.63, 3.8) is 0 Å². The van der Waals surface area contributed by atoms with Crippen molar-refractivity contribution in [2.24, 2.45) is 0 Å². The summed E-state index contributed by atoms with van der Waals surface area (Å²) in [5.41, 5.74) is 0. The zero-order valence-electron chi connectivity index (χ0n) is 78.1. The monoisotopic (exact) mass is 1760 g/mol. The van der Waals surface area contributed by atoms with Crippen LogP contribution in [0.25, 0.3) is 0 Å². The lowest BCUT2D eigenvalue weighted by Crippen LogP contribution is -2.30. The van der Waals surface area contributed by atoms with Gasteiger partial charge in [0, 0.05) is 19.3 Å². The molecule has 0 fully saturated rings. The summed E-state index contributed by atoms with van der Waals surface area (Å²) in [6, 6.07) is 0. The summed E-state index contributed by atoms with van der Waals surface area (Å²) in [4.78, 5) is 59.1. The van der Waals surface area contributed by atoms with Crippen LogP contribution in [-0.4, -0.2) is 95.9 Å². The standard InChI is InChI=1S/C105H180O16P2/c1-4-7-10-13-16-19-22-25-28-31-34-37-39-41-43-45-47-49-51-53-55-57-59-62-64-67-70-73-76-79-82-85-88-91-103(108)115-94-100(106)95-117-122(111,112)118-96-101(107)97-119-123(113,114)120-99-102(121-105(110)93-90-87-84-81-78-75-72-69-66-61-36-33-30-27-24-21-18-15-12-9-6-3)98-116-104(109)92-89-86-83-80-77-74-71-68-65-63-60-58-56-54-52-50-48-46-44-42-40-38-35-32-29-26-23-20-17-14-11-8-5-2/h7,9-10,12,16-21,25-30,34-38,41-44,61,69,72,100-102,106-107H,4-6,8,11,13-15,22-24,31-33,39-40,45-60,62-68,70-71,73-99H2,1-3H3,(H,111,112)(H,113,114)/b10-7-,12-9-,19-16-,20-17-,21-18-,28-25-,29-26-,30-27-,37-34-,38-35-,43-41-,44-42-,61-36-,72-69-. The van der Waals surface area contributed by atoms with Gasteiger partial charge in [-0.15, -0.1) is 0 Å². The number of ether oxygens (including phenoxy) is 3. The fraction of sp³-hybridized carbons (Fsp3) is 0.705. The van der Waals surface area contributed by atoms with Crippen LogP contribution in [0.4, 0.5) is 0 Å². The summed E-state index contributed by atoms with van der Waals surface area (Å²) in [6.07, 6.45) is 126. The van der Waals surface area contributed by atoms with Crippen molar-refractivity contribution in [3.8, 4) is 0 Å². The van der Waals surface area contributed by atoms with Gasteiger partial charge < -0.3 is 34.2 Å². The van der Waals surface area contributed by atoms with Gasteiger partial charge in [0.1, 0.15) is 25.4 Å². The number of allylic oxidation sites excluding steroid dienone is 28. The second-order valence-corrected chi connectivity index (χ2v) is 35.7. The van der Waals surface area contributed by atoms with E-state index in [-0.39, 0.29) is 19.3 Å². The molecule has 0 radical (unpaired) electrons. The highest BCUT2D eigenvalue weighted by molar-refractivity contribution is 7.47. The summed E-state index contributed by atoms with van der Waals surface area (Å²) in [5, 5.41) is 20.8. The Bertz CT molecular complexity index is 2920. The van der Waals surface area contributed by atoms with E-state index in [0.717, 1.165) is 154 Å². The number of esters is 3. The molecule has 18 heteroatoms. The normalized spacial score (nSPS) is 14.4. The van der Waals surface area contributed by atoms with Gasteiger partial charge in [-0.3, -0.25) is 32.5 Å². The van der Waals surface area contributed by atoms with Crippen LogP contribution in [-0.2, 0) is 55.8 Å². The zero-order chi connectivity index (χ0) is 89.3. The van der Waals surface area contributed by atoms with Gasteiger partial charge in [0.05, 0.1) is 26.4 Å². The second-order valence-electron chi connectivity index (χ2n) is 32.8. The van der Waals surface area contributed by atoms with Crippen LogP contribution in [0.3, 0.4) is 0 Å². The molecule has 0 bridgehead atoms. The predicted octanol–water partition coefficient (Wildman–Crippen LogP) is 31.0. The van der Waals surface area contributed by atoms with Gasteiger partial charge in [-0.05, 0) is 154 Å². The van der Waals surface area contributed by atoms with E-state index in [1.54, 1.807) is 0 Å². The number of hydrogen-bond donors (Lipinski definition) is 4. The number of phosphoric acid groups is 2. The molecule has 123 heavy (non-hydrogen) atoms. The molecule has 0 aromatic carbocycles. The van der Waals surface area contributed by atoms with Gasteiger partial charge in [-0.2, -0.15) is 0 Å². The van der Waals surface area contributed by atoms with Gasteiger partial charge in [0.25, 0.3) is 0 Å². The molecule has 0 aliphatic rings. The lowest BCUT2D eigenvalue weighted by atomic mass is 10.0. The Morgan fingerprint density at radius 3 is 0.683 bits per heavy atom. The predicted molar refractivity (Wildman–Crippen MR) is 519 cm³/mol. The molecule has 16 nitrogen and oxygen atoms in total. The SMILES string of the molecule is CC/C=C\C/C=C\C/C=C\C/C=C\C/C=C\CCCCCCCCCCCCCCCCCCCC(=O)OCC(O)COP(=O)(O)OCC(O)COP(=O)(O)OCC(COC(=O)CCCCCCCCCCCCCCCCCCC/C=C\C/C=C\C/C=C\C/C=C\CCCCC)OC(=O)CCCCCCC/C=C\C/C=C\C/C=C\C/C=C\C/C=C\CC.